The van der Waals surface area contributed by atoms with Gasteiger partial charge in [0.25, 0.3) is 11.2 Å². The van der Waals surface area contributed by atoms with E-state index in [9.17, 15) is 34.9 Å². The maximum Gasteiger partial charge on any atom is 0.338 e. The average Bonchev–Trinajstić information content (AvgIpc) is 3.31. The van der Waals surface area contributed by atoms with Gasteiger partial charge in [0.2, 0.25) is 5.75 Å². The van der Waals surface area contributed by atoms with Gasteiger partial charge in [0.05, 0.1) is 44.4 Å². The number of benzene rings is 3. The van der Waals surface area contributed by atoms with Crippen molar-refractivity contribution in [3.05, 3.63) is 129 Å². The van der Waals surface area contributed by atoms with Gasteiger partial charge in [0.1, 0.15) is 0 Å². The summed E-state index contributed by atoms with van der Waals surface area (Å²) in [6.07, 6.45) is 3.06. The lowest BCUT2D eigenvalue weighted by Crippen LogP contribution is -2.40. The second kappa shape index (κ2) is 12.0. The standard InChI is InChI=1S/C29H22N4O8S2/c1-3-41-28(36)23-24(16-7-5-4-6-8-16)30-29-31(25(23)17-9-11-20(42-2)12-10-17)27(35)22(43-29)14-18-13-19(32(37)38)15-21(26(18)34)33(39)40/h4-15,25,34H,3H2,1-2H3/b22-14-/t25-/m1/s1. The molecule has 1 aromatic heterocycles. The lowest BCUT2D eigenvalue weighted by Gasteiger charge is -2.26. The van der Waals surface area contributed by atoms with Crippen LogP contribution in [0, 0.1) is 20.2 Å². The largest absolute Gasteiger partial charge is 0.502 e. The van der Waals surface area contributed by atoms with E-state index in [-0.39, 0.29) is 27.1 Å². The molecule has 0 bridgehead atoms. The van der Waals surface area contributed by atoms with Crippen molar-refractivity contribution in [2.24, 2.45) is 4.99 Å². The van der Waals surface area contributed by atoms with Gasteiger partial charge in [-0.1, -0.05) is 53.8 Å². The van der Waals surface area contributed by atoms with Crippen LogP contribution < -0.4 is 14.9 Å². The van der Waals surface area contributed by atoms with Gasteiger partial charge in [-0.15, -0.1) is 11.8 Å². The van der Waals surface area contributed by atoms with Crippen molar-refractivity contribution in [1.29, 1.82) is 0 Å². The molecule has 3 aromatic carbocycles. The highest BCUT2D eigenvalue weighted by atomic mass is 32.2. The van der Waals surface area contributed by atoms with Crippen LogP contribution in [0.4, 0.5) is 11.4 Å². The lowest BCUT2D eigenvalue weighted by atomic mass is 9.93. The normalized spacial score (nSPS) is 14.7. The number of thiazole rings is 1. The number of carbonyl (C=O) groups excluding carboxylic acids is 1. The van der Waals surface area contributed by atoms with Gasteiger partial charge in [-0.25, -0.2) is 9.79 Å². The predicted octanol–water partition coefficient (Wildman–Crippen LogP) is 4.18. The van der Waals surface area contributed by atoms with Crippen LogP contribution in [0.5, 0.6) is 5.75 Å². The highest BCUT2D eigenvalue weighted by molar-refractivity contribution is 7.98. The van der Waals surface area contributed by atoms with Crippen molar-refractivity contribution in [2.45, 2.75) is 17.9 Å². The average molecular weight is 619 g/mol. The highest BCUT2D eigenvalue weighted by Crippen LogP contribution is 2.37. The van der Waals surface area contributed by atoms with Crippen LogP contribution in [0.1, 0.15) is 29.7 Å². The van der Waals surface area contributed by atoms with Crippen LogP contribution >= 0.6 is 23.1 Å². The summed E-state index contributed by atoms with van der Waals surface area (Å²) in [5.74, 6) is -1.49. The summed E-state index contributed by atoms with van der Waals surface area (Å²) in [7, 11) is 0. The van der Waals surface area contributed by atoms with E-state index >= 15 is 0 Å². The van der Waals surface area contributed by atoms with E-state index in [0.29, 0.717) is 22.9 Å². The molecule has 0 saturated heterocycles. The molecular weight excluding hydrogens is 596 g/mol. The number of non-ortho nitro benzene ring substituents is 1. The number of esters is 1. The van der Waals surface area contributed by atoms with Crippen molar-refractivity contribution in [3.63, 3.8) is 0 Å². The molecule has 0 aliphatic carbocycles. The number of carbonyl (C=O) groups is 1. The summed E-state index contributed by atoms with van der Waals surface area (Å²) in [5.41, 5.74) is -0.767. The quantitative estimate of drug-likeness (QED) is 0.132. The Balaban J connectivity index is 1.84. The molecule has 1 aliphatic rings. The fraction of sp³-hybridized carbons (Fsp3) is 0.138. The van der Waals surface area contributed by atoms with Gasteiger partial charge < -0.3 is 9.84 Å². The number of aromatic hydroxyl groups is 1. The molecule has 12 nitrogen and oxygen atoms in total. The van der Waals surface area contributed by atoms with Crippen molar-refractivity contribution in [2.75, 3.05) is 12.9 Å². The molecule has 1 N–H and O–H groups in total. The van der Waals surface area contributed by atoms with E-state index in [0.717, 1.165) is 28.4 Å². The molecule has 43 heavy (non-hydrogen) atoms. The van der Waals surface area contributed by atoms with Crippen LogP contribution in [0.3, 0.4) is 0 Å². The fourth-order valence-corrected chi connectivity index (χ4v) is 6.06. The first-order chi connectivity index (χ1) is 20.6. The monoisotopic (exact) mass is 618 g/mol. The maximum atomic E-state index is 14.0. The number of nitro benzene ring substituents is 2. The number of nitrogens with zero attached hydrogens (tertiary/aromatic N) is 4. The van der Waals surface area contributed by atoms with Crippen molar-refractivity contribution >= 4 is 52.2 Å². The summed E-state index contributed by atoms with van der Waals surface area (Å²) >= 11 is 2.44. The number of thioether (sulfide) groups is 1. The second-order valence-electron chi connectivity index (χ2n) is 9.12. The van der Waals surface area contributed by atoms with Gasteiger partial charge in [0, 0.05) is 22.1 Å². The van der Waals surface area contributed by atoms with Crippen LogP contribution in [0.2, 0.25) is 0 Å². The molecule has 0 amide bonds. The first kappa shape index (κ1) is 29.4. The van der Waals surface area contributed by atoms with Gasteiger partial charge in [0.15, 0.2) is 4.80 Å². The molecule has 0 unspecified atom stereocenters. The first-order valence-electron chi connectivity index (χ1n) is 12.7. The number of aromatic nitrogens is 1. The Morgan fingerprint density at radius 1 is 1.12 bits per heavy atom. The fourth-order valence-electron chi connectivity index (χ4n) is 4.66. The van der Waals surface area contributed by atoms with Crippen molar-refractivity contribution in [3.8, 4) is 5.75 Å². The Bertz CT molecular complexity index is 1980. The molecule has 1 aliphatic heterocycles. The number of phenols is 1. The number of phenolic OH excluding ortho intramolecular Hbond substituents is 1. The number of nitro groups is 2. The third-order valence-corrected chi connectivity index (χ3v) is 8.33. The van der Waals surface area contributed by atoms with E-state index in [4.69, 9.17) is 9.73 Å². The zero-order valence-electron chi connectivity index (χ0n) is 22.6. The SMILES string of the molecule is CCOC(=O)C1=C(c2ccccc2)N=c2s/c(=C\c3cc([N+](=O)[O-])cc([N+](=O)[O-])c3O)c(=O)n2[C@@H]1c1ccc(SC)cc1. The summed E-state index contributed by atoms with van der Waals surface area (Å²) in [6, 6.07) is 16.9. The number of rotatable bonds is 8. The molecule has 0 spiro atoms. The molecular formula is C29H22N4O8S2. The van der Waals surface area contributed by atoms with E-state index in [1.165, 1.54) is 16.3 Å². The van der Waals surface area contributed by atoms with Crippen LogP contribution in [0.15, 0.2) is 87.0 Å². The minimum atomic E-state index is -0.961. The lowest BCUT2D eigenvalue weighted by molar-refractivity contribution is -0.394. The zero-order chi connectivity index (χ0) is 30.8. The number of ether oxygens (including phenoxy) is 1. The third kappa shape index (κ3) is 5.57. The first-order valence-corrected chi connectivity index (χ1v) is 14.8. The summed E-state index contributed by atoms with van der Waals surface area (Å²) < 4.78 is 6.74. The van der Waals surface area contributed by atoms with Crippen molar-refractivity contribution < 1.29 is 24.5 Å². The number of hydrogen-bond donors (Lipinski definition) is 1. The van der Waals surface area contributed by atoms with E-state index in [1.807, 2.05) is 24.5 Å². The van der Waals surface area contributed by atoms with E-state index < -0.39 is 44.5 Å². The van der Waals surface area contributed by atoms with Crippen LogP contribution in [0.25, 0.3) is 11.8 Å². The third-order valence-electron chi connectivity index (χ3n) is 6.60. The van der Waals surface area contributed by atoms with Gasteiger partial charge >= 0.3 is 11.7 Å². The van der Waals surface area contributed by atoms with Gasteiger partial charge in [-0.3, -0.25) is 29.6 Å². The Morgan fingerprint density at radius 2 is 1.81 bits per heavy atom. The molecule has 218 valence electrons. The molecule has 2 heterocycles. The zero-order valence-corrected chi connectivity index (χ0v) is 24.3. The molecule has 4 aromatic rings. The predicted molar refractivity (Wildman–Crippen MR) is 161 cm³/mol. The number of fused-ring (bicyclic) bond motifs is 1. The molecule has 0 radical (unpaired) electrons. The smallest absolute Gasteiger partial charge is 0.338 e. The highest BCUT2D eigenvalue weighted by Gasteiger charge is 2.35. The summed E-state index contributed by atoms with van der Waals surface area (Å²) in [6.45, 7) is 1.75. The maximum absolute atomic E-state index is 14.0. The molecule has 0 saturated carbocycles. The van der Waals surface area contributed by atoms with Crippen LogP contribution in [-0.4, -0.2) is 38.4 Å². The Kier molecular flexibility index (Phi) is 8.23. The summed E-state index contributed by atoms with van der Waals surface area (Å²) in [5, 5.41) is 33.5. The molecule has 1 atom stereocenters. The Morgan fingerprint density at radius 3 is 2.42 bits per heavy atom. The Labute approximate surface area is 251 Å². The van der Waals surface area contributed by atoms with Crippen molar-refractivity contribution in [1.82, 2.24) is 4.57 Å². The topological polar surface area (TPSA) is 167 Å². The Hall–Kier alpha value is -5.08. The number of hydrogen-bond acceptors (Lipinski definition) is 11. The minimum absolute atomic E-state index is 0.0212. The van der Waals surface area contributed by atoms with Gasteiger partial charge in [-0.2, -0.15) is 0 Å². The van der Waals surface area contributed by atoms with E-state index in [2.05, 4.69) is 0 Å². The summed E-state index contributed by atoms with van der Waals surface area (Å²) in [4.78, 5) is 54.5. The molecule has 0 fully saturated rings. The minimum Gasteiger partial charge on any atom is -0.502 e. The van der Waals surface area contributed by atoms with Crippen LogP contribution in [-0.2, 0) is 9.53 Å². The molecule has 5 rings (SSSR count). The second-order valence-corrected chi connectivity index (χ2v) is 11.0. The molecule has 14 heteroatoms. The van der Waals surface area contributed by atoms with Gasteiger partial charge in [-0.05, 0) is 37.0 Å². The van der Waals surface area contributed by atoms with E-state index in [1.54, 1.807) is 43.3 Å².